The van der Waals surface area contributed by atoms with Gasteiger partial charge in [-0.3, -0.25) is 14.7 Å². The molecule has 0 unspecified atom stereocenters. The largest absolute Gasteiger partial charge is 0.492 e. The lowest BCUT2D eigenvalue weighted by molar-refractivity contribution is -0.117. The van der Waals surface area contributed by atoms with Crippen molar-refractivity contribution < 1.29 is 13.9 Å². The van der Waals surface area contributed by atoms with Gasteiger partial charge in [-0.15, -0.1) is 0 Å². The van der Waals surface area contributed by atoms with Crippen LogP contribution in [0.2, 0.25) is 5.02 Å². The maximum absolute atomic E-state index is 12.9. The van der Waals surface area contributed by atoms with E-state index in [-0.39, 0.29) is 11.7 Å². The van der Waals surface area contributed by atoms with Crippen LogP contribution in [0.5, 0.6) is 5.75 Å². The van der Waals surface area contributed by atoms with Crippen LogP contribution in [0.4, 0.5) is 10.1 Å². The molecule has 2 heterocycles. The van der Waals surface area contributed by atoms with E-state index in [9.17, 15) is 9.18 Å². The molecule has 26 heavy (non-hydrogen) atoms. The predicted molar refractivity (Wildman–Crippen MR) is 98.9 cm³/mol. The molecule has 0 saturated carbocycles. The van der Waals surface area contributed by atoms with Crippen molar-refractivity contribution in [2.45, 2.75) is 12.8 Å². The third kappa shape index (κ3) is 5.41. The molecule has 1 amide bonds. The third-order valence-electron chi connectivity index (χ3n) is 4.41. The summed E-state index contributed by atoms with van der Waals surface area (Å²) in [7, 11) is 0. The fourth-order valence-corrected chi connectivity index (χ4v) is 3.11. The number of hydrogen-bond acceptors (Lipinski definition) is 4. The Hall–Kier alpha value is -2.18. The van der Waals surface area contributed by atoms with E-state index in [0.717, 1.165) is 25.9 Å². The van der Waals surface area contributed by atoms with Crippen LogP contribution in [-0.4, -0.2) is 42.0 Å². The van der Waals surface area contributed by atoms with Crippen LogP contribution in [0, 0.1) is 11.7 Å². The Balaban J connectivity index is 1.38. The first-order valence-corrected chi connectivity index (χ1v) is 8.98. The highest BCUT2D eigenvalue weighted by Gasteiger charge is 2.21. The number of carbonyl (C=O) groups is 1. The molecule has 1 fully saturated rings. The fourth-order valence-electron chi connectivity index (χ4n) is 2.94. The average molecular weight is 378 g/mol. The van der Waals surface area contributed by atoms with Crippen LogP contribution in [-0.2, 0) is 4.79 Å². The Morgan fingerprint density at radius 1 is 1.27 bits per heavy atom. The molecular formula is C19H21ClFN3O2. The van der Waals surface area contributed by atoms with E-state index < -0.39 is 0 Å². The number of ether oxygens (including phenoxy) is 1. The van der Waals surface area contributed by atoms with Gasteiger partial charge in [-0.1, -0.05) is 11.6 Å². The molecule has 2 aromatic rings. The number of nitrogens with one attached hydrogen (secondary N) is 1. The molecule has 3 rings (SSSR count). The second-order valence-electron chi connectivity index (χ2n) is 6.39. The Morgan fingerprint density at radius 3 is 2.69 bits per heavy atom. The number of pyridine rings is 1. The predicted octanol–water partition coefficient (Wildman–Crippen LogP) is 3.60. The number of nitrogens with zero attached hydrogens (tertiary/aromatic N) is 2. The molecule has 0 radical (unpaired) electrons. The van der Waals surface area contributed by atoms with Gasteiger partial charge in [-0.05, 0) is 56.1 Å². The van der Waals surface area contributed by atoms with E-state index in [2.05, 4.69) is 15.2 Å². The van der Waals surface area contributed by atoms with Crippen molar-refractivity contribution in [3.63, 3.8) is 0 Å². The minimum Gasteiger partial charge on any atom is -0.492 e. The van der Waals surface area contributed by atoms with Gasteiger partial charge in [0.15, 0.2) is 0 Å². The number of amides is 1. The summed E-state index contributed by atoms with van der Waals surface area (Å²) in [6.45, 7) is 2.63. The summed E-state index contributed by atoms with van der Waals surface area (Å²) in [6, 6.07) is 7.53. The summed E-state index contributed by atoms with van der Waals surface area (Å²) in [6.07, 6.45) is 5.15. The highest BCUT2D eigenvalue weighted by Crippen LogP contribution is 2.24. The van der Waals surface area contributed by atoms with E-state index in [4.69, 9.17) is 16.3 Å². The zero-order valence-corrected chi connectivity index (χ0v) is 15.1. The minimum absolute atomic E-state index is 0.0881. The lowest BCUT2D eigenvalue weighted by Gasteiger charge is -2.31. The summed E-state index contributed by atoms with van der Waals surface area (Å²) in [4.78, 5) is 18.2. The topological polar surface area (TPSA) is 54.5 Å². The monoisotopic (exact) mass is 377 g/mol. The molecule has 1 saturated heterocycles. The lowest BCUT2D eigenvalue weighted by Crippen LogP contribution is -2.40. The van der Waals surface area contributed by atoms with E-state index in [1.165, 1.54) is 12.1 Å². The zero-order valence-electron chi connectivity index (χ0n) is 14.3. The van der Waals surface area contributed by atoms with Crippen molar-refractivity contribution in [3.05, 3.63) is 53.6 Å². The van der Waals surface area contributed by atoms with Crippen molar-refractivity contribution in [1.82, 2.24) is 9.88 Å². The van der Waals surface area contributed by atoms with Crippen molar-refractivity contribution >= 4 is 23.2 Å². The maximum atomic E-state index is 12.9. The fraction of sp³-hybridized carbons (Fsp3) is 0.368. The molecule has 0 aliphatic carbocycles. The number of hydrogen-bond donors (Lipinski definition) is 1. The van der Waals surface area contributed by atoms with Crippen molar-refractivity contribution in [2.75, 3.05) is 31.6 Å². The smallest absolute Gasteiger partial charge is 0.238 e. The number of benzene rings is 1. The quantitative estimate of drug-likeness (QED) is 0.835. The number of rotatable bonds is 6. The molecule has 1 N–H and O–H groups in total. The Kier molecular flexibility index (Phi) is 6.41. The van der Waals surface area contributed by atoms with Gasteiger partial charge in [-0.25, -0.2) is 4.39 Å². The van der Waals surface area contributed by atoms with Gasteiger partial charge in [0, 0.05) is 24.1 Å². The molecule has 1 aromatic carbocycles. The highest BCUT2D eigenvalue weighted by atomic mass is 35.5. The molecule has 0 bridgehead atoms. The Labute approximate surface area is 157 Å². The molecule has 1 aromatic heterocycles. The zero-order chi connectivity index (χ0) is 18.4. The van der Waals surface area contributed by atoms with Crippen LogP contribution < -0.4 is 10.1 Å². The summed E-state index contributed by atoms with van der Waals surface area (Å²) < 4.78 is 18.7. The Bertz CT molecular complexity index is 734. The Morgan fingerprint density at radius 2 is 2.00 bits per heavy atom. The number of anilines is 1. The molecule has 1 aliphatic heterocycles. The maximum Gasteiger partial charge on any atom is 0.238 e. The van der Waals surface area contributed by atoms with E-state index in [1.807, 2.05) is 0 Å². The summed E-state index contributed by atoms with van der Waals surface area (Å²) in [5, 5.41) is 3.30. The number of likely N-dealkylation sites (tertiary alicyclic amines) is 1. The van der Waals surface area contributed by atoms with Gasteiger partial charge in [-0.2, -0.15) is 0 Å². The molecule has 1 aliphatic rings. The molecule has 5 nitrogen and oxygen atoms in total. The van der Waals surface area contributed by atoms with E-state index in [0.29, 0.717) is 35.5 Å². The SMILES string of the molecule is O=C(CN1CCC(COc2ccncc2Cl)CC1)Nc1ccc(F)cc1. The first-order chi connectivity index (χ1) is 12.6. The van der Waals surface area contributed by atoms with Gasteiger partial charge >= 0.3 is 0 Å². The minimum atomic E-state index is -0.319. The third-order valence-corrected chi connectivity index (χ3v) is 4.70. The van der Waals surface area contributed by atoms with Gasteiger partial charge < -0.3 is 10.1 Å². The second kappa shape index (κ2) is 8.96. The van der Waals surface area contributed by atoms with Crippen LogP contribution in [0.25, 0.3) is 0 Å². The molecule has 138 valence electrons. The van der Waals surface area contributed by atoms with Crippen molar-refractivity contribution in [3.8, 4) is 5.75 Å². The van der Waals surface area contributed by atoms with Crippen molar-refractivity contribution in [2.24, 2.45) is 5.92 Å². The van der Waals surface area contributed by atoms with Crippen LogP contribution in [0.15, 0.2) is 42.7 Å². The van der Waals surface area contributed by atoms with Crippen LogP contribution >= 0.6 is 11.6 Å². The summed E-state index contributed by atoms with van der Waals surface area (Å²) in [5.74, 6) is 0.689. The molecule has 7 heteroatoms. The molecule has 0 spiro atoms. The van der Waals surface area contributed by atoms with E-state index >= 15 is 0 Å². The van der Waals surface area contributed by atoms with Crippen LogP contribution in [0.3, 0.4) is 0 Å². The van der Waals surface area contributed by atoms with Gasteiger partial charge in [0.1, 0.15) is 16.6 Å². The molecular weight excluding hydrogens is 357 g/mol. The van der Waals surface area contributed by atoms with E-state index in [1.54, 1.807) is 30.6 Å². The summed E-state index contributed by atoms with van der Waals surface area (Å²) >= 11 is 6.04. The summed E-state index contributed by atoms with van der Waals surface area (Å²) in [5.41, 5.74) is 0.605. The van der Waals surface area contributed by atoms with Crippen molar-refractivity contribution in [1.29, 1.82) is 0 Å². The standard InChI is InChI=1S/C19H21ClFN3O2/c20-17-11-22-8-5-18(17)26-13-14-6-9-24(10-7-14)12-19(25)23-16-3-1-15(21)2-4-16/h1-5,8,11,14H,6-7,9-10,12-13H2,(H,23,25). The first kappa shape index (κ1) is 18.6. The number of piperidine rings is 1. The van der Waals surface area contributed by atoms with Gasteiger partial charge in [0.25, 0.3) is 0 Å². The number of carbonyl (C=O) groups excluding carboxylic acids is 1. The molecule has 0 atom stereocenters. The first-order valence-electron chi connectivity index (χ1n) is 8.60. The highest BCUT2D eigenvalue weighted by molar-refractivity contribution is 6.31. The van der Waals surface area contributed by atoms with Crippen LogP contribution in [0.1, 0.15) is 12.8 Å². The normalized spacial score (nSPS) is 15.6. The number of aromatic nitrogens is 1. The van der Waals surface area contributed by atoms with Gasteiger partial charge in [0.05, 0.1) is 13.2 Å². The van der Waals surface area contributed by atoms with Gasteiger partial charge in [0.2, 0.25) is 5.91 Å². The second-order valence-corrected chi connectivity index (χ2v) is 6.80. The lowest BCUT2D eigenvalue weighted by atomic mass is 9.98. The average Bonchev–Trinajstić information content (AvgIpc) is 2.64. The number of halogens is 2.